The highest BCUT2D eigenvalue weighted by atomic mass is 16.5. The van der Waals surface area contributed by atoms with Crippen LogP contribution in [0.5, 0.6) is 0 Å². The molecule has 1 fully saturated rings. The van der Waals surface area contributed by atoms with E-state index in [9.17, 15) is 0 Å². The average molecular weight is 232 g/mol. The van der Waals surface area contributed by atoms with Crippen LogP contribution in [-0.4, -0.2) is 27.7 Å². The van der Waals surface area contributed by atoms with Crippen LogP contribution in [0.1, 0.15) is 31.9 Å². The molecule has 0 spiro atoms. The Morgan fingerprint density at radius 3 is 3.06 bits per heavy atom. The van der Waals surface area contributed by atoms with Crippen molar-refractivity contribution in [3.05, 3.63) is 12.0 Å². The van der Waals surface area contributed by atoms with Gasteiger partial charge in [0.15, 0.2) is 0 Å². The molecule has 0 aliphatic carbocycles. The van der Waals surface area contributed by atoms with Crippen molar-refractivity contribution in [3.8, 4) is 0 Å². The summed E-state index contributed by atoms with van der Waals surface area (Å²) < 4.78 is 5.19. The lowest BCUT2D eigenvalue weighted by atomic mass is 10.0. The summed E-state index contributed by atoms with van der Waals surface area (Å²) in [5.74, 6) is 0.973. The molecule has 2 aromatic heterocycles. The molecule has 3 heterocycles. The van der Waals surface area contributed by atoms with E-state index in [1.54, 1.807) is 6.33 Å². The Kier molecular flexibility index (Phi) is 2.46. The van der Waals surface area contributed by atoms with E-state index >= 15 is 0 Å². The van der Waals surface area contributed by atoms with Gasteiger partial charge in [0.25, 0.3) is 5.71 Å². The normalized spacial score (nSPS) is 21.1. The number of aryl methyl sites for hydroxylation is 1. The van der Waals surface area contributed by atoms with Gasteiger partial charge in [-0.25, -0.2) is 4.98 Å². The lowest BCUT2D eigenvalue weighted by Crippen LogP contribution is -2.38. The van der Waals surface area contributed by atoms with Gasteiger partial charge in [0.2, 0.25) is 0 Å². The van der Waals surface area contributed by atoms with E-state index in [2.05, 4.69) is 26.9 Å². The minimum atomic E-state index is 0.524. The van der Waals surface area contributed by atoms with Gasteiger partial charge in [0, 0.05) is 12.6 Å². The van der Waals surface area contributed by atoms with Gasteiger partial charge in [-0.3, -0.25) is 0 Å². The maximum Gasteiger partial charge on any atom is 0.263 e. The van der Waals surface area contributed by atoms with Crippen molar-refractivity contribution in [1.29, 1.82) is 0 Å². The summed E-state index contributed by atoms with van der Waals surface area (Å²) in [5.41, 5.74) is 1.46. The summed E-state index contributed by atoms with van der Waals surface area (Å²) in [6.07, 6.45) is 5.30. The molecule has 1 aliphatic rings. The summed E-state index contributed by atoms with van der Waals surface area (Å²) in [6.45, 7) is 5.24. The Bertz CT molecular complexity index is 536. The Labute approximate surface area is 99.8 Å². The van der Waals surface area contributed by atoms with E-state index in [4.69, 9.17) is 4.52 Å². The molecule has 5 heteroatoms. The van der Waals surface area contributed by atoms with E-state index in [0.717, 1.165) is 23.4 Å². The Balaban J connectivity index is 2.12. The van der Waals surface area contributed by atoms with Crippen molar-refractivity contribution >= 4 is 16.9 Å². The van der Waals surface area contributed by atoms with Crippen LogP contribution in [0, 0.1) is 6.92 Å². The molecule has 1 saturated heterocycles. The maximum atomic E-state index is 5.19. The van der Waals surface area contributed by atoms with Gasteiger partial charge < -0.3 is 9.42 Å². The molecule has 0 bridgehead atoms. The van der Waals surface area contributed by atoms with Crippen molar-refractivity contribution in [3.63, 3.8) is 0 Å². The summed E-state index contributed by atoms with van der Waals surface area (Å²) >= 11 is 0. The molecule has 1 atom stereocenters. The van der Waals surface area contributed by atoms with Gasteiger partial charge in [0.1, 0.15) is 17.5 Å². The van der Waals surface area contributed by atoms with Gasteiger partial charge in [-0.15, -0.1) is 0 Å². The standard InChI is InChI=1S/C12H16N4O/c1-8-5-3-4-6-16(8)11-10-9(2)15-17-12(10)14-7-13-11/h7-8H,3-6H2,1-2H3. The zero-order valence-electron chi connectivity index (χ0n) is 10.2. The first-order valence-corrected chi connectivity index (χ1v) is 6.11. The molecule has 0 saturated carbocycles. The first-order chi connectivity index (χ1) is 8.27. The fourth-order valence-electron chi connectivity index (χ4n) is 2.53. The molecule has 0 amide bonds. The third-order valence-electron chi connectivity index (χ3n) is 3.50. The van der Waals surface area contributed by atoms with Crippen LogP contribution in [0.3, 0.4) is 0 Å². The van der Waals surface area contributed by atoms with E-state index < -0.39 is 0 Å². The number of aromatic nitrogens is 3. The third-order valence-corrected chi connectivity index (χ3v) is 3.50. The molecule has 0 N–H and O–H groups in total. The zero-order chi connectivity index (χ0) is 11.8. The number of piperidine rings is 1. The highest BCUT2D eigenvalue weighted by Gasteiger charge is 2.23. The van der Waals surface area contributed by atoms with Crippen LogP contribution in [0.15, 0.2) is 10.9 Å². The van der Waals surface area contributed by atoms with Crippen LogP contribution in [0.2, 0.25) is 0 Å². The number of anilines is 1. The van der Waals surface area contributed by atoms with Crippen LogP contribution >= 0.6 is 0 Å². The summed E-state index contributed by atoms with van der Waals surface area (Å²) in [4.78, 5) is 10.9. The third kappa shape index (κ3) is 1.66. The fourth-order valence-corrected chi connectivity index (χ4v) is 2.53. The predicted molar refractivity (Wildman–Crippen MR) is 65.0 cm³/mol. The van der Waals surface area contributed by atoms with Crippen LogP contribution in [0.25, 0.3) is 11.1 Å². The Morgan fingerprint density at radius 2 is 2.24 bits per heavy atom. The van der Waals surface area contributed by atoms with Crippen molar-refractivity contribution in [1.82, 2.24) is 15.1 Å². The van der Waals surface area contributed by atoms with Crippen molar-refractivity contribution in [2.45, 2.75) is 39.2 Å². The first-order valence-electron chi connectivity index (χ1n) is 6.11. The summed E-state index contributed by atoms with van der Waals surface area (Å²) in [6, 6.07) is 0.524. The highest BCUT2D eigenvalue weighted by Crippen LogP contribution is 2.30. The van der Waals surface area contributed by atoms with Crippen molar-refractivity contribution in [2.24, 2.45) is 0 Å². The Morgan fingerprint density at radius 1 is 1.35 bits per heavy atom. The van der Waals surface area contributed by atoms with E-state index in [1.165, 1.54) is 19.3 Å². The largest absolute Gasteiger partial charge is 0.353 e. The van der Waals surface area contributed by atoms with Crippen molar-refractivity contribution < 1.29 is 4.52 Å². The molecule has 1 aliphatic heterocycles. The second-order valence-corrected chi connectivity index (χ2v) is 4.68. The minimum Gasteiger partial charge on any atom is -0.353 e. The Hall–Kier alpha value is -1.65. The average Bonchev–Trinajstić information content (AvgIpc) is 2.72. The molecule has 90 valence electrons. The molecule has 3 rings (SSSR count). The molecule has 0 radical (unpaired) electrons. The molecule has 0 aromatic carbocycles. The van der Waals surface area contributed by atoms with E-state index in [0.29, 0.717) is 11.8 Å². The molecule has 2 aromatic rings. The van der Waals surface area contributed by atoms with Gasteiger partial charge in [-0.1, -0.05) is 5.16 Å². The molecule has 17 heavy (non-hydrogen) atoms. The first kappa shape index (κ1) is 10.5. The molecule has 5 nitrogen and oxygen atoms in total. The van der Waals surface area contributed by atoms with Crippen LogP contribution in [-0.2, 0) is 0 Å². The number of hydrogen-bond donors (Lipinski definition) is 0. The SMILES string of the molecule is Cc1noc2ncnc(N3CCCCC3C)c12. The zero-order valence-corrected chi connectivity index (χ0v) is 10.2. The van der Waals surface area contributed by atoms with Crippen LogP contribution < -0.4 is 4.90 Å². The molecule has 1 unspecified atom stereocenters. The second kappa shape index (κ2) is 3.98. The quantitative estimate of drug-likeness (QED) is 0.755. The lowest BCUT2D eigenvalue weighted by Gasteiger charge is -2.34. The van der Waals surface area contributed by atoms with Gasteiger partial charge in [-0.05, 0) is 33.1 Å². The summed E-state index contributed by atoms with van der Waals surface area (Å²) in [5, 5.41) is 4.93. The molecular weight excluding hydrogens is 216 g/mol. The number of rotatable bonds is 1. The number of hydrogen-bond acceptors (Lipinski definition) is 5. The maximum absolute atomic E-state index is 5.19. The number of fused-ring (bicyclic) bond motifs is 1. The lowest BCUT2D eigenvalue weighted by molar-refractivity contribution is 0.442. The fraction of sp³-hybridized carbons (Fsp3) is 0.583. The van der Waals surface area contributed by atoms with Crippen LogP contribution in [0.4, 0.5) is 5.82 Å². The van der Waals surface area contributed by atoms with Gasteiger partial charge in [0.05, 0.1) is 5.69 Å². The smallest absolute Gasteiger partial charge is 0.263 e. The predicted octanol–water partition coefficient (Wildman–Crippen LogP) is 2.31. The van der Waals surface area contributed by atoms with Gasteiger partial charge >= 0.3 is 0 Å². The minimum absolute atomic E-state index is 0.524. The number of nitrogens with zero attached hydrogens (tertiary/aromatic N) is 4. The van der Waals surface area contributed by atoms with Crippen molar-refractivity contribution in [2.75, 3.05) is 11.4 Å². The summed E-state index contributed by atoms with van der Waals surface area (Å²) in [7, 11) is 0. The molecular formula is C12H16N4O. The van der Waals surface area contributed by atoms with E-state index in [1.807, 2.05) is 6.92 Å². The second-order valence-electron chi connectivity index (χ2n) is 4.68. The van der Waals surface area contributed by atoms with Gasteiger partial charge in [-0.2, -0.15) is 4.98 Å². The van der Waals surface area contributed by atoms with E-state index in [-0.39, 0.29) is 0 Å². The monoisotopic (exact) mass is 232 g/mol. The highest BCUT2D eigenvalue weighted by molar-refractivity contribution is 5.88. The topological polar surface area (TPSA) is 55.1 Å².